The third-order valence-corrected chi connectivity index (χ3v) is 3.96. The van der Waals surface area contributed by atoms with E-state index in [0.717, 1.165) is 18.2 Å². The van der Waals surface area contributed by atoms with E-state index in [1.807, 2.05) is 4.90 Å². The number of alkyl halides is 1. The maximum absolute atomic E-state index is 12.9. The van der Waals surface area contributed by atoms with Crippen LogP contribution in [-0.2, 0) is 0 Å². The molecule has 0 aliphatic rings. The minimum atomic E-state index is -0.0149. The van der Waals surface area contributed by atoms with Crippen molar-refractivity contribution in [2.45, 2.75) is 32.7 Å². The molecule has 1 aromatic carbocycles. The number of methoxy groups -OCH3 is 2. The van der Waals surface area contributed by atoms with Crippen LogP contribution in [0.2, 0.25) is 0 Å². The Labute approximate surface area is 135 Å². The number of amides is 1. The molecule has 0 aliphatic carbocycles. The Morgan fingerprint density at radius 1 is 1.24 bits per heavy atom. The van der Waals surface area contributed by atoms with Gasteiger partial charge in [0.25, 0.3) is 5.91 Å². The summed E-state index contributed by atoms with van der Waals surface area (Å²) in [6, 6.07) is 5.53. The summed E-state index contributed by atoms with van der Waals surface area (Å²) in [5.41, 5.74) is 0.546. The molecule has 0 bridgehead atoms. The van der Waals surface area contributed by atoms with Gasteiger partial charge in [0.1, 0.15) is 11.5 Å². The number of ether oxygens (including phenoxy) is 2. The van der Waals surface area contributed by atoms with Crippen LogP contribution in [0.25, 0.3) is 0 Å². The van der Waals surface area contributed by atoms with Crippen LogP contribution in [0.4, 0.5) is 0 Å². The van der Waals surface area contributed by atoms with Crippen LogP contribution in [0.15, 0.2) is 18.2 Å². The Balaban J connectivity index is 3.18. The fraction of sp³-hybridized carbons (Fsp3) is 0.562. The van der Waals surface area contributed by atoms with Crippen molar-refractivity contribution in [3.63, 3.8) is 0 Å². The van der Waals surface area contributed by atoms with E-state index in [9.17, 15) is 4.79 Å². The molecular formula is C16H24BrNO3. The van der Waals surface area contributed by atoms with Crippen molar-refractivity contribution >= 4 is 21.8 Å². The van der Waals surface area contributed by atoms with Crippen molar-refractivity contribution < 1.29 is 14.3 Å². The molecule has 0 atom stereocenters. The van der Waals surface area contributed by atoms with E-state index in [2.05, 4.69) is 29.8 Å². The molecule has 1 rings (SSSR count). The third-order valence-electron chi connectivity index (χ3n) is 3.61. The summed E-state index contributed by atoms with van der Waals surface area (Å²) < 4.78 is 10.5. The molecule has 118 valence electrons. The van der Waals surface area contributed by atoms with Gasteiger partial charge in [0, 0.05) is 17.9 Å². The Hall–Kier alpha value is -1.23. The van der Waals surface area contributed by atoms with Crippen LogP contribution in [0.5, 0.6) is 11.5 Å². The Kier molecular flexibility index (Phi) is 7.57. The summed E-state index contributed by atoms with van der Waals surface area (Å²) in [6.45, 7) is 4.88. The molecule has 0 saturated heterocycles. The highest BCUT2D eigenvalue weighted by Crippen LogP contribution is 2.26. The lowest BCUT2D eigenvalue weighted by Crippen LogP contribution is -2.41. The number of carbonyl (C=O) groups is 1. The smallest absolute Gasteiger partial charge is 0.258 e. The van der Waals surface area contributed by atoms with Crippen LogP contribution in [0.1, 0.15) is 37.0 Å². The van der Waals surface area contributed by atoms with Gasteiger partial charge in [-0.25, -0.2) is 0 Å². The number of hydrogen-bond donors (Lipinski definition) is 0. The number of rotatable bonds is 8. The highest BCUT2D eigenvalue weighted by molar-refractivity contribution is 9.09. The molecule has 5 heteroatoms. The first-order chi connectivity index (χ1) is 10.1. The highest BCUT2D eigenvalue weighted by atomic mass is 79.9. The monoisotopic (exact) mass is 357 g/mol. The molecule has 0 saturated carbocycles. The first-order valence-corrected chi connectivity index (χ1v) is 8.33. The van der Waals surface area contributed by atoms with E-state index in [4.69, 9.17) is 9.47 Å². The van der Waals surface area contributed by atoms with Gasteiger partial charge in [0.05, 0.1) is 19.8 Å². The van der Waals surface area contributed by atoms with Gasteiger partial charge >= 0.3 is 0 Å². The summed E-state index contributed by atoms with van der Waals surface area (Å²) in [7, 11) is 3.16. The molecule has 21 heavy (non-hydrogen) atoms. The van der Waals surface area contributed by atoms with Gasteiger partial charge in [0.2, 0.25) is 0 Å². The number of hydrogen-bond acceptors (Lipinski definition) is 3. The van der Waals surface area contributed by atoms with Crippen LogP contribution < -0.4 is 9.47 Å². The van der Waals surface area contributed by atoms with Gasteiger partial charge in [-0.1, -0.05) is 29.8 Å². The molecule has 0 radical (unpaired) electrons. The maximum atomic E-state index is 12.9. The normalized spacial score (nSPS) is 10.6. The van der Waals surface area contributed by atoms with E-state index in [1.165, 1.54) is 0 Å². The first-order valence-electron chi connectivity index (χ1n) is 7.21. The molecular weight excluding hydrogens is 334 g/mol. The predicted octanol–water partition coefficient (Wildman–Crippen LogP) is 3.73. The quantitative estimate of drug-likeness (QED) is 0.665. The van der Waals surface area contributed by atoms with Crippen LogP contribution >= 0.6 is 15.9 Å². The van der Waals surface area contributed by atoms with Crippen LogP contribution in [-0.4, -0.2) is 42.9 Å². The van der Waals surface area contributed by atoms with Crippen LogP contribution in [0, 0.1) is 0 Å². The summed E-state index contributed by atoms with van der Waals surface area (Å²) in [6.07, 6.45) is 1.86. The largest absolute Gasteiger partial charge is 0.497 e. The first kappa shape index (κ1) is 17.8. The van der Waals surface area contributed by atoms with E-state index in [1.54, 1.807) is 32.4 Å². The highest BCUT2D eigenvalue weighted by Gasteiger charge is 2.24. The second kappa shape index (κ2) is 8.93. The van der Waals surface area contributed by atoms with Gasteiger partial charge in [-0.15, -0.1) is 0 Å². The molecule has 0 fully saturated rings. The Morgan fingerprint density at radius 2 is 1.90 bits per heavy atom. The summed E-state index contributed by atoms with van der Waals surface area (Å²) in [5, 5.41) is 0.752. The molecule has 0 heterocycles. The van der Waals surface area contributed by atoms with Crippen molar-refractivity contribution in [2.75, 3.05) is 26.1 Å². The molecule has 0 unspecified atom stereocenters. The molecule has 0 spiro atoms. The number of benzene rings is 1. The van der Waals surface area contributed by atoms with Crippen molar-refractivity contribution in [3.05, 3.63) is 23.8 Å². The molecule has 0 aromatic heterocycles. The molecule has 1 aromatic rings. The van der Waals surface area contributed by atoms with Crippen molar-refractivity contribution in [2.24, 2.45) is 0 Å². The lowest BCUT2D eigenvalue weighted by molar-refractivity contribution is 0.0679. The van der Waals surface area contributed by atoms with Crippen molar-refractivity contribution in [3.8, 4) is 11.5 Å². The second-order valence-corrected chi connectivity index (χ2v) is 5.52. The van der Waals surface area contributed by atoms with Gasteiger partial charge in [-0.2, -0.15) is 0 Å². The number of nitrogens with zero attached hydrogens (tertiary/aromatic N) is 1. The van der Waals surface area contributed by atoms with E-state index < -0.39 is 0 Å². The molecule has 1 amide bonds. The molecule has 0 N–H and O–H groups in total. The standard InChI is InChI=1S/C16H24BrNO3/c1-5-12(6-2)18(10-9-17)16(19)14-11-13(20-3)7-8-15(14)21-4/h7-8,11-12H,5-6,9-10H2,1-4H3. The number of carbonyl (C=O) groups excluding carboxylic acids is 1. The minimum Gasteiger partial charge on any atom is -0.497 e. The van der Waals surface area contributed by atoms with E-state index in [0.29, 0.717) is 23.6 Å². The van der Waals surface area contributed by atoms with Gasteiger partial charge in [-0.3, -0.25) is 4.79 Å². The maximum Gasteiger partial charge on any atom is 0.258 e. The lowest BCUT2D eigenvalue weighted by Gasteiger charge is -2.30. The molecule has 0 aliphatic heterocycles. The average Bonchev–Trinajstić information content (AvgIpc) is 2.53. The fourth-order valence-corrected chi connectivity index (χ4v) is 2.79. The average molecular weight is 358 g/mol. The van der Waals surface area contributed by atoms with E-state index >= 15 is 0 Å². The topological polar surface area (TPSA) is 38.8 Å². The summed E-state index contributed by atoms with van der Waals surface area (Å²) in [5.74, 6) is 1.22. The van der Waals surface area contributed by atoms with Crippen molar-refractivity contribution in [1.82, 2.24) is 4.90 Å². The second-order valence-electron chi connectivity index (χ2n) is 4.72. The lowest BCUT2D eigenvalue weighted by atomic mass is 10.1. The van der Waals surface area contributed by atoms with Gasteiger partial charge in [-0.05, 0) is 31.0 Å². The van der Waals surface area contributed by atoms with Crippen LogP contribution in [0.3, 0.4) is 0 Å². The fourth-order valence-electron chi connectivity index (χ4n) is 2.41. The SMILES string of the molecule is CCC(CC)N(CCBr)C(=O)c1cc(OC)ccc1OC. The predicted molar refractivity (Wildman–Crippen MR) is 88.7 cm³/mol. The van der Waals surface area contributed by atoms with E-state index in [-0.39, 0.29) is 11.9 Å². The number of halogens is 1. The summed E-state index contributed by atoms with van der Waals surface area (Å²) in [4.78, 5) is 14.8. The Morgan fingerprint density at radius 3 is 2.38 bits per heavy atom. The van der Waals surface area contributed by atoms with Crippen molar-refractivity contribution in [1.29, 1.82) is 0 Å². The minimum absolute atomic E-state index is 0.0149. The zero-order valence-electron chi connectivity index (χ0n) is 13.2. The molecule has 4 nitrogen and oxygen atoms in total. The van der Waals surface area contributed by atoms with Gasteiger partial charge in [0.15, 0.2) is 0 Å². The van der Waals surface area contributed by atoms with Gasteiger partial charge < -0.3 is 14.4 Å². The zero-order chi connectivity index (χ0) is 15.8. The third kappa shape index (κ3) is 4.37. The zero-order valence-corrected chi connectivity index (χ0v) is 14.8. The summed E-state index contributed by atoms with van der Waals surface area (Å²) >= 11 is 3.43. The Bertz CT molecular complexity index is 461.